The van der Waals surface area contributed by atoms with E-state index in [1.54, 1.807) is 0 Å². The second kappa shape index (κ2) is 10.8. The van der Waals surface area contributed by atoms with Gasteiger partial charge in [-0.2, -0.15) is 0 Å². The summed E-state index contributed by atoms with van der Waals surface area (Å²) in [6.07, 6.45) is -0.375. The van der Waals surface area contributed by atoms with Crippen LogP contribution in [0.15, 0.2) is 77.7 Å². The van der Waals surface area contributed by atoms with Crippen LogP contribution in [0.2, 0.25) is 0 Å². The number of hydrogen-bond acceptors (Lipinski definition) is 4. The van der Waals surface area contributed by atoms with Crippen LogP contribution in [0.25, 0.3) is 0 Å². The zero-order valence-electron chi connectivity index (χ0n) is 18.1. The Morgan fingerprint density at radius 2 is 1.48 bits per heavy atom. The average Bonchev–Trinajstić information content (AvgIpc) is 2.76. The van der Waals surface area contributed by atoms with Gasteiger partial charge in [0.2, 0.25) is 0 Å². The van der Waals surface area contributed by atoms with E-state index in [-0.39, 0.29) is 18.1 Å². The number of hydrogen-bond donors (Lipinski definition) is 1. The summed E-state index contributed by atoms with van der Waals surface area (Å²) in [6.45, 7) is 6.26. The predicted octanol–water partition coefficient (Wildman–Crippen LogP) is 6.29. The monoisotopic (exact) mass is 433 g/mol. The minimum atomic E-state index is -0.543. The summed E-state index contributed by atoms with van der Waals surface area (Å²) in [5.41, 5.74) is 5.12. The lowest BCUT2D eigenvalue weighted by Crippen LogP contribution is -2.30. The lowest BCUT2D eigenvalue weighted by atomic mass is 10.0. The van der Waals surface area contributed by atoms with Crippen molar-refractivity contribution in [3.05, 3.63) is 101 Å². The summed E-state index contributed by atoms with van der Waals surface area (Å²) >= 11 is 1.23. The summed E-state index contributed by atoms with van der Waals surface area (Å²) in [6, 6.07) is 22.7. The Kier molecular flexibility index (Phi) is 7.90. The fourth-order valence-electron chi connectivity index (χ4n) is 3.49. The molecule has 0 bridgehead atoms. The van der Waals surface area contributed by atoms with Crippen LogP contribution < -0.4 is 5.32 Å². The van der Waals surface area contributed by atoms with E-state index >= 15 is 0 Å². The molecule has 1 amide bonds. The van der Waals surface area contributed by atoms with Crippen molar-refractivity contribution in [2.75, 3.05) is 0 Å². The van der Waals surface area contributed by atoms with Gasteiger partial charge < -0.3 is 10.1 Å². The van der Waals surface area contributed by atoms with Crippen LogP contribution in [0, 0.1) is 20.8 Å². The maximum atomic E-state index is 12.9. The van der Waals surface area contributed by atoms with Gasteiger partial charge >= 0.3 is 6.09 Å². The number of ether oxygens (including phenoxy) is 1. The zero-order chi connectivity index (χ0) is 22.2. The standard InChI is InChI=1S/C26H27NO3S/c1-18-14-19(2)25(20(3)15-18)31-24(28)16-23(22-12-8-5-9-13-22)27-26(29)30-17-21-10-6-4-7-11-21/h4-15,23H,16-17H2,1-3H3,(H,27,29)/t23-/m1/s1. The molecule has 0 saturated heterocycles. The first kappa shape index (κ1) is 22.6. The lowest BCUT2D eigenvalue weighted by Gasteiger charge is -2.19. The van der Waals surface area contributed by atoms with E-state index in [1.807, 2.05) is 81.4 Å². The van der Waals surface area contributed by atoms with Gasteiger partial charge in [-0.15, -0.1) is 0 Å². The van der Waals surface area contributed by atoms with Crippen LogP contribution in [-0.2, 0) is 16.1 Å². The van der Waals surface area contributed by atoms with Gasteiger partial charge in [0.05, 0.1) is 6.04 Å². The van der Waals surface area contributed by atoms with Crippen molar-refractivity contribution in [1.82, 2.24) is 5.32 Å². The van der Waals surface area contributed by atoms with Gasteiger partial charge in [0.15, 0.2) is 5.12 Å². The fraction of sp³-hybridized carbons (Fsp3) is 0.231. The van der Waals surface area contributed by atoms with Crippen LogP contribution in [0.3, 0.4) is 0 Å². The molecule has 0 aliphatic heterocycles. The molecule has 0 spiro atoms. The van der Waals surface area contributed by atoms with Crippen LogP contribution in [0.1, 0.15) is 40.3 Å². The Bertz CT molecular complexity index is 1010. The van der Waals surface area contributed by atoms with Gasteiger partial charge in [-0.1, -0.05) is 90.1 Å². The van der Waals surface area contributed by atoms with Crippen LogP contribution in [0.4, 0.5) is 4.79 Å². The SMILES string of the molecule is Cc1cc(C)c(SC(=O)C[C@@H](NC(=O)OCc2ccccc2)c2ccccc2)c(C)c1. The molecule has 160 valence electrons. The van der Waals surface area contributed by atoms with Crippen molar-refractivity contribution in [2.24, 2.45) is 0 Å². The second-order valence-electron chi connectivity index (χ2n) is 7.58. The van der Waals surface area contributed by atoms with E-state index in [1.165, 1.54) is 17.3 Å². The fourth-order valence-corrected chi connectivity index (χ4v) is 4.41. The number of benzene rings is 3. The number of nitrogens with one attached hydrogen (secondary N) is 1. The molecule has 0 radical (unpaired) electrons. The van der Waals surface area contributed by atoms with Crippen LogP contribution in [-0.4, -0.2) is 11.2 Å². The highest BCUT2D eigenvalue weighted by molar-refractivity contribution is 8.13. The Balaban J connectivity index is 1.68. The van der Waals surface area contributed by atoms with E-state index in [0.29, 0.717) is 0 Å². The Morgan fingerprint density at radius 3 is 2.10 bits per heavy atom. The molecule has 0 aromatic heterocycles. The van der Waals surface area contributed by atoms with Gasteiger partial charge in [-0.25, -0.2) is 4.79 Å². The van der Waals surface area contributed by atoms with Gasteiger partial charge in [0.25, 0.3) is 0 Å². The molecule has 0 aliphatic rings. The number of aryl methyl sites for hydroxylation is 3. The molecule has 0 heterocycles. The first-order chi connectivity index (χ1) is 14.9. The highest BCUT2D eigenvalue weighted by Gasteiger charge is 2.21. The number of amides is 1. The molecule has 3 aromatic carbocycles. The predicted molar refractivity (Wildman–Crippen MR) is 125 cm³/mol. The van der Waals surface area contributed by atoms with Crippen molar-refractivity contribution < 1.29 is 14.3 Å². The second-order valence-corrected chi connectivity index (χ2v) is 8.64. The zero-order valence-corrected chi connectivity index (χ0v) is 18.9. The molecule has 0 fully saturated rings. The molecule has 1 atom stereocenters. The van der Waals surface area contributed by atoms with E-state index in [0.717, 1.165) is 27.1 Å². The summed E-state index contributed by atoms with van der Waals surface area (Å²) in [5, 5.41) is 2.86. The highest BCUT2D eigenvalue weighted by atomic mass is 32.2. The Labute approximate surface area is 188 Å². The summed E-state index contributed by atoms with van der Waals surface area (Å²) in [4.78, 5) is 26.3. The van der Waals surface area contributed by atoms with Gasteiger partial charge in [-0.05, 0) is 43.0 Å². The van der Waals surface area contributed by atoms with E-state index in [2.05, 4.69) is 17.4 Å². The van der Waals surface area contributed by atoms with Crippen molar-refractivity contribution in [3.63, 3.8) is 0 Å². The third-order valence-electron chi connectivity index (χ3n) is 4.90. The van der Waals surface area contributed by atoms with Gasteiger partial charge in [0, 0.05) is 11.3 Å². The highest BCUT2D eigenvalue weighted by Crippen LogP contribution is 2.31. The normalized spacial score (nSPS) is 11.6. The molecular weight excluding hydrogens is 406 g/mol. The maximum absolute atomic E-state index is 12.9. The first-order valence-corrected chi connectivity index (χ1v) is 11.0. The molecule has 1 N–H and O–H groups in total. The average molecular weight is 434 g/mol. The molecule has 5 heteroatoms. The van der Waals surface area contributed by atoms with Gasteiger partial charge in [0.1, 0.15) is 6.61 Å². The molecule has 31 heavy (non-hydrogen) atoms. The molecule has 0 saturated carbocycles. The molecule has 3 rings (SSSR count). The summed E-state index contributed by atoms with van der Waals surface area (Å²) < 4.78 is 5.36. The summed E-state index contributed by atoms with van der Waals surface area (Å²) in [5.74, 6) is 0. The molecule has 0 unspecified atom stereocenters. The molecule has 0 aliphatic carbocycles. The minimum absolute atomic E-state index is 0.00716. The van der Waals surface area contributed by atoms with Crippen LogP contribution >= 0.6 is 11.8 Å². The quantitative estimate of drug-likeness (QED) is 0.445. The maximum Gasteiger partial charge on any atom is 0.407 e. The minimum Gasteiger partial charge on any atom is -0.445 e. The molecular formula is C26H27NO3S. The van der Waals surface area contributed by atoms with E-state index in [4.69, 9.17) is 4.74 Å². The number of rotatable bonds is 7. The Morgan fingerprint density at radius 1 is 0.903 bits per heavy atom. The van der Waals surface area contributed by atoms with Crippen molar-refractivity contribution in [1.29, 1.82) is 0 Å². The smallest absolute Gasteiger partial charge is 0.407 e. The first-order valence-electron chi connectivity index (χ1n) is 10.2. The number of carbonyl (C=O) groups excluding carboxylic acids is 2. The molecule has 4 nitrogen and oxygen atoms in total. The topological polar surface area (TPSA) is 55.4 Å². The van der Waals surface area contributed by atoms with Crippen LogP contribution in [0.5, 0.6) is 0 Å². The number of alkyl carbamates (subject to hydrolysis) is 1. The van der Waals surface area contributed by atoms with Crippen molar-refractivity contribution >= 4 is 23.0 Å². The lowest BCUT2D eigenvalue weighted by molar-refractivity contribution is -0.111. The number of thioether (sulfide) groups is 1. The number of carbonyl (C=O) groups is 2. The van der Waals surface area contributed by atoms with Crippen molar-refractivity contribution in [3.8, 4) is 0 Å². The largest absolute Gasteiger partial charge is 0.445 e. The third kappa shape index (κ3) is 6.72. The summed E-state index contributed by atoms with van der Waals surface area (Å²) in [7, 11) is 0. The Hall–Kier alpha value is -3.05. The van der Waals surface area contributed by atoms with Gasteiger partial charge in [-0.3, -0.25) is 4.79 Å². The molecule has 3 aromatic rings. The third-order valence-corrected chi connectivity index (χ3v) is 6.14. The van der Waals surface area contributed by atoms with Crippen molar-refractivity contribution in [2.45, 2.75) is 44.7 Å². The van der Waals surface area contributed by atoms with E-state index in [9.17, 15) is 9.59 Å². The van der Waals surface area contributed by atoms with E-state index < -0.39 is 12.1 Å².